The van der Waals surface area contributed by atoms with Crippen molar-refractivity contribution < 1.29 is 4.79 Å². The summed E-state index contributed by atoms with van der Waals surface area (Å²) < 4.78 is 2.03. The average molecular weight is 474 g/mol. The normalized spacial score (nSPS) is 17.3. The minimum Gasteiger partial charge on any atom is -0.318 e. The van der Waals surface area contributed by atoms with E-state index in [-0.39, 0.29) is 11.4 Å². The quantitative estimate of drug-likeness (QED) is 0.524. The monoisotopic (exact) mass is 473 g/mol. The molecule has 1 aromatic heterocycles. The second kappa shape index (κ2) is 8.65. The number of aryl methyl sites for hydroxylation is 1. The van der Waals surface area contributed by atoms with Crippen molar-refractivity contribution in [3.8, 4) is 5.69 Å². The van der Waals surface area contributed by atoms with Gasteiger partial charge in [-0.05, 0) is 74.4 Å². The van der Waals surface area contributed by atoms with E-state index in [1.54, 1.807) is 18.2 Å². The van der Waals surface area contributed by atoms with Gasteiger partial charge in [0, 0.05) is 17.1 Å². The van der Waals surface area contributed by atoms with Crippen LogP contribution in [-0.2, 0) is 4.79 Å². The Hall–Kier alpha value is -2.35. The Balaban J connectivity index is 1.69. The molecule has 2 aliphatic rings. The predicted molar refractivity (Wildman–Crippen MR) is 130 cm³/mol. The van der Waals surface area contributed by atoms with Crippen LogP contribution in [0.4, 0.5) is 0 Å². The molecule has 0 unspecified atom stereocenters. The molecule has 0 saturated carbocycles. The van der Waals surface area contributed by atoms with Gasteiger partial charge in [-0.1, -0.05) is 36.5 Å². The zero-order chi connectivity index (χ0) is 22.3. The molecule has 1 aromatic carbocycles. The number of nitrogens with zero attached hydrogens (tertiary/aromatic N) is 4. The van der Waals surface area contributed by atoms with E-state index in [0.29, 0.717) is 15.2 Å². The minimum absolute atomic E-state index is 0.0494. The number of unbranched alkanes of at least 4 members (excludes halogenated alkanes) is 1. The van der Waals surface area contributed by atoms with E-state index < -0.39 is 5.91 Å². The Morgan fingerprint density at radius 3 is 2.68 bits per heavy atom. The molecule has 6 nitrogen and oxygen atoms in total. The molecule has 0 aliphatic carbocycles. The molecule has 0 atom stereocenters. The van der Waals surface area contributed by atoms with Gasteiger partial charge in [0.15, 0.2) is 5.84 Å². The van der Waals surface area contributed by atoms with Crippen LogP contribution in [0.25, 0.3) is 11.8 Å². The number of carbonyl (C=O) groups excluding carboxylic acids is 1. The summed E-state index contributed by atoms with van der Waals surface area (Å²) in [5, 5.41) is 16.8. The highest BCUT2D eigenvalue weighted by molar-refractivity contribution is 8.26. The van der Waals surface area contributed by atoms with Gasteiger partial charge in [0.25, 0.3) is 5.91 Å². The molecule has 9 heteroatoms. The zero-order valence-corrected chi connectivity index (χ0v) is 19.7. The highest BCUT2D eigenvalue weighted by Gasteiger charge is 2.35. The molecule has 0 radical (unpaired) electrons. The van der Waals surface area contributed by atoms with Gasteiger partial charge in [-0.15, -0.1) is 0 Å². The molecule has 0 fully saturated rings. The SMILES string of the molecule is CCCCC1=NN2C(=N)/C(=C/c3cc(C)n(-c4ccc(Cl)c(Cl)c4)c3C)C(=O)N=C2S1. The van der Waals surface area contributed by atoms with Crippen LogP contribution in [0.2, 0.25) is 10.0 Å². The lowest BCUT2D eigenvalue weighted by atomic mass is 10.1. The molecular weight excluding hydrogens is 453 g/mol. The van der Waals surface area contributed by atoms with Crippen LogP contribution in [0.15, 0.2) is 39.9 Å². The van der Waals surface area contributed by atoms with Crippen molar-refractivity contribution >= 4 is 63.0 Å². The van der Waals surface area contributed by atoms with Crippen molar-refractivity contribution in [2.75, 3.05) is 0 Å². The van der Waals surface area contributed by atoms with Crippen LogP contribution in [0.1, 0.15) is 43.1 Å². The summed E-state index contributed by atoms with van der Waals surface area (Å²) in [5.41, 5.74) is 3.82. The molecule has 2 aromatic rings. The number of thioether (sulfide) groups is 1. The molecule has 3 heterocycles. The number of hydrogen-bond acceptors (Lipinski definition) is 4. The molecule has 4 rings (SSSR count). The number of aromatic nitrogens is 1. The maximum absolute atomic E-state index is 12.7. The molecule has 0 bridgehead atoms. The van der Waals surface area contributed by atoms with Crippen molar-refractivity contribution in [2.45, 2.75) is 40.0 Å². The number of carbonyl (C=O) groups is 1. The van der Waals surface area contributed by atoms with Gasteiger partial charge in [0.05, 0.1) is 15.6 Å². The summed E-state index contributed by atoms with van der Waals surface area (Å²) in [6, 6.07) is 7.42. The maximum Gasteiger partial charge on any atom is 0.283 e. The van der Waals surface area contributed by atoms with Gasteiger partial charge in [-0.3, -0.25) is 10.2 Å². The summed E-state index contributed by atoms with van der Waals surface area (Å²) in [5.74, 6) is -0.372. The third-order valence-electron chi connectivity index (χ3n) is 5.17. The van der Waals surface area contributed by atoms with E-state index in [1.807, 2.05) is 30.5 Å². The minimum atomic E-state index is -0.421. The van der Waals surface area contributed by atoms with E-state index in [4.69, 9.17) is 28.6 Å². The third kappa shape index (κ3) is 4.10. The van der Waals surface area contributed by atoms with E-state index in [9.17, 15) is 4.79 Å². The molecule has 0 spiro atoms. The molecule has 1 N–H and O–H groups in total. The molecule has 0 saturated heterocycles. The van der Waals surface area contributed by atoms with E-state index in [1.165, 1.54) is 16.8 Å². The fraction of sp³-hybridized carbons (Fsp3) is 0.273. The first-order valence-corrected chi connectivity index (χ1v) is 11.5. The van der Waals surface area contributed by atoms with Crippen LogP contribution in [0, 0.1) is 19.3 Å². The molecular formula is C22H21Cl2N5OS. The number of halogens is 2. The first-order valence-electron chi connectivity index (χ1n) is 9.93. The predicted octanol–water partition coefficient (Wildman–Crippen LogP) is 6.21. The number of rotatable bonds is 5. The smallest absolute Gasteiger partial charge is 0.283 e. The lowest BCUT2D eigenvalue weighted by Gasteiger charge is -2.20. The Morgan fingerprint density at radius 2 is 1.97 bits per heavy atom. The van der Waals surface area contributed by atoms with Gasteiger partial charge in [0.2, 0.25) is 5.17 Å². The lowest BCUT2D eigenvalue weighted by Crippen LogP contribution is -2.35. The highest BCUT2D eigenvalue weighted by atomic mass is 35.5. The molecule has 160 valence electrons. The average Bonchev–Trinajstić information content (AvgIpc) is 3.26. The van der Waals surface area contributed by atoms with Gasteiger partial charge < -0.3 is 4.57 Å². The summed E-state index contributed by atoms with van der Waals surface area (Å²) in [6.07, 6.45) is 4.60. The van der Waals surface area contributed by atoms with E-state index in [0.717, 1.165) is 46.9 Å². The first kappa shape index (κ1) is 21.9. The lowest BCUT2D eigenvalue weighted by molar-refractivity contribution is -0.114. The van der Waals surface area contributed by atoms with Gasteiger partial charge in [-0.25, -0.2) is 0 Å². The fourth-order valence-electron chi connectivity index (χ4n) is 3.57. The second-order valence-electron chi connectivity index (χ2n) is 7.38. The summed E-state index contributed by atoms with van der Waals surface area (Å²) in [4.78, 5) is 16.9. The molecule has 31 heavy (non-hydrogen) atoms. The number of hydrogen-bond donors (Lipinski definition) is 1. The summed E-state index contributed by atoms with van der Waals surface area (Å²) in [7, 11) is 0. The standard InChI is InChI=1S/C22H21Cl2N5OS/c1-4-5-6-19-27-29-20(25)16(21(30)26-22(29)31-19)10-14-9-12(2)28(13(14)3)15-7-8-17(23)18(24)11-15/h7-11,25H,4-6H2,1-3H3/b16-10-,25-20?. The van der Waals surface area contributed by atoms with Crippen LogP contribution in [0.3, 0.4) is 0 Å². The van der Waals surface area contributed by atoms with Crippen LogP contribution in [0.5, 0.6) is 0 Å². The Bertz CT molecular complexity index is 1190. The van der Waals surface area contributed by atoms with Crippen molar-refractivity contribution in [3.05, 3.63) is 56.8 Å². The number of fused-ring (bicyclic) bond motifs is 1. The van der Waals surface area contributed by atoms with Crippen LogP contribution < -0.4 is 0 Å². The van der Waals surface area contributed by atoms with Gasteiger partial charge >= 0.3 is 0 Å². The third-order valence-corrected chi connectivity index (χ3v) is 6.88. The number of amidine groups is 2. The van der Waals surface area contributed by atoms with Crippen molar-refractivity contribution in [3.63, 3.8) is 0 Å². The van der Waals surface area contributed by atoms with Crippen molar-refractivity contribution in [1.29, 1.82) is 5.41 Å². The summed E-state index contributed by atoms with van der Waals surface area (Å²) in [6.45, 7) is 6.05. The zero-order valence-electron chi connectivity index (χ0n) is 17.4. The maximum atomic E-state index is 12.7. The summed E-state index contributed by atoms with van der Waals surface area (Å²) >= 11 is 13.6. The van der Waals surface area contributed by atoms with E-state index >= 15 is 0 Å². The Labute approximate surface area is 195 Å². The fourth-order valence-corrected chi connectivity index (χ4v) is 4.79. The Kier molecular flexibility index (Phi) is 6.10. The number of aliphatic imine (C=N–C) groups is 1. The van der Waals surface area contributed by atoms with Crippen LogP contribution >= 0.6 is 35.0 Å². The molecule has 2 aliphatic heterocycles. The number of amides is 1. The largest absolute Gasteiger partial charge is 0.318 e. The Morgan fingerprint density at radius 1 is 1.19 bits per heavy atom. The van der Waals surface area contributed by atoms with Gasteiger partial charge in [0.1, 0.15) is 5.04 Å². The van der Waals surface area contributed by atoms with Crippen LogP contribution in [-0.4, -0.2) is 31.5 Å². The second-order valence-corrected chi connectivity index (χ2v) is 9.23. The highest BCUT2D eigenvalue weighted by Crippen LogP contribution is 2.32. The van der Waals surface area contributed by atoms with E-state index in [2.05, 4.69) is 17.0 Å². The first-order chi connectivity index (χ1) is 14.8. The number of hydrazone groups is 1. The van der Waals surface area contributed by atoms with Crippen molar-refractivity contribution in [1.82, 2.24) is 9.58 Å². The topological polar surface area (TPSA) is 73.8 Å². The number of benzene rings is 1. The number of nitrogens with one attached hydrogen (secondary N) is 1. The molecule has 1 amide bonds. The van der Waals surface area contributed by atoms with Gasteiger partial charge in [-0.2, -0.15) is 15.1 Å². The van der Waals surface area contributed by atoms with Crippen molar-refractivity contribution in [2.24, 2.45) is 10.1 Å².